The van der Waals surface area contributed by atoms with Crippen molar-refractivity contribution in [3.63, 3.8) is 0 Å². The molecule has 1 aromatic carbocycles. The van der Waals surface area contributed by atoms with E-state index in [0.29, 0.717) is 18.7 Å². The number of carboxylic acids is 1. The zero-order chi connectivity index (χ0) is 17.3. The van der Waals surface area contributed by atoms with Gasteiger partial charge in [-0.2, -0.15) is 0 Å². The summed E-state index contributed by atoms with van der Waals surface area (Å²) < 4.78 is 6.76. The topological polar surface area (TPSA) is 70.8 Å². The number of nitrogens with zero attached hydrogens (tertiary/aromatic N) is 1. The van der Waals surface area contributed by atoms with Crippen LogP contribution in [0.5, 0.6) is 0 Å². The third-order valence-corrected chi connectivity index (χ3v) is 5.01. The average Bonchev–Trinajstić information content (AvgIpc) is 2.96. The molecule has 6 heteroatoms. The summed E-state index contributed by atoms with van der Waals surface area (Å²) in [6.07, 6.45) is 3.40. The SMILES string of the molecule is Cc1cc(Br)cc2cc(C(=O)N3CCCCC3CCC(=O)O)oc12. The molecular weight excluding hydrogens is 374 g/mol. The number of hydrogen-bond donors (Lipinski definition) is 1. The molecule has 2 heterocycles. The molecule has 1 amide bonds. The van der Waals surface area contributed by atoms with E-state index in [1.807, 2.05) is 19.1 Å². The summed E-state index contributed by atoms with van der Waals surface area (Å²) in [7, 11) is 0. The van der Waals surface area contributed by atoms with Crippen LogP contribution in [0.25, 0.3) is 11.0 Å². The van der Waals surface area contributed by atoms with Crippen LogP contribution < -0.4 is 0 Å². The first kappa shape index (κ1) is 17.0. The van der Waals surface area contributed by atoms with Crippen LogP contribution >= 0.6 is 15.9 Å². The number of carbonyl (C=O) groups is 2. The van der Waals surface area contributed by atoms with Gasteiger partial charge in [-0.3, -0.25) is 9.59 Å². The van der Waals surface area contributed by atoms with Crippen molar-refractivity contribution in [1.29, 1.82) is 0 Å². The molecule has 1 aromatic heterocycles. The van der Waals surface area contributed by atoms with Gasteiger partial charge in [-0.05, 0) is 56.4 Å². The Balaban J connectivity index is 1.86. The van der Waals surface area contributed by atoms with Crippen LogP contribution in [-0.4, -0.2) is 34.5 Å². The van der Waals surface area contributed by atoms with E-state index in [1.54, 1.807) is 11.0 Å². The summed E-state index contributed by atoms with van der Waals surface area (Å²) in [6.45, 7) is 2.60. The van der Waals surface area contributed by atoms with Gasteiger partial charge in [0.2, 0.25) is 0 Å². The number of halogens is 1. The Kier molecular flexibility index (Phi) is 4.94. The molecule has 0 radical (unpaired) electrons. The summed E-state index contributed by atoms with van der Waals surface area (Å²) in [5, 5.41) is 9.80. The molecule has 3 rings (SSSR count). The second kappa shape index (κ2) is 6.97. The average molecular weight is 394 g/mol. The third-order valence-electron chi connectivity index (χ3n) is 4.56. The fourth-order valence-corrected chi connectivity index (χ4v) is 3.98. The lowest BCUT2D eigenvalue weighted by Gasteiger charge is -2.35. The molecule has 24 heavy (non-hydrogen) atoms. The van der Waals surface area contributed by atoms with Gasteiger partial charge in [0.1, 0.15) is 5.58 Å². The fraction of sp³-hybridized carbons (Fsp3) is 0.444. The maximum absolute atomic E-state index is 12.9. The van der Waals surface area contributed by atoms with Gasteiger partial charge in [-0.1, -0.05) is 15.9 Å². The van der Waals surface area contributed by atoms with E-state index in [1.165, 1.54) is 0 Å². The van der Waals surface area contributed by atoms with Crippen LogP contribution in [0.2, 0.25) is 0 Å². The summed E-state index contributed by atoms with van der Waals surface area (Å²) in [4.78, 5) is 25.5. The Morgan fingerprint density at radius 1 is 1.33 bits per heavy atom. The highest BCUT2D eigenvalue weighted by atomic mass is 79.9. The van der Waals surface area contributed by atoms with E-state index in [9.17, 15) is 9.59 Å². The van der Waals surface area contributed by atoms with Crippen LogP contribution in [0.3, 0.4) is 0 Å². The summed E-state index contributed by atoms with van der Waals surface area (Å²) in [5.74, 6) is -0.637. The second-order valence-corrected chi connectivity index (χ2v) is 7.25. The summed E-state index contributed by atoms with van der Waals surface area (Å²) in [5.41, 5.74) is 1.69. The molecule has 128 valence electrons. The Bertz CT molecular complexity index is 783. The van der Waals surface area contributed by atoms with Crippen LogP contribution in [0, 0.1) is 6.92 Å². The molecule has 0 spiro atoms. The highest BCUT2D eigenvalue weighted by Gasteiger charge is 2.29. The summed E-state index contributed by atoms with van der Waals surface area (Å²) in [6, 6.07) is 5.64. The van der Waals surface area contributed by atoms with Crippen molar-refractivity contribution in [1.82, 2.24) is 4.90 Å². The molecule has 0 saturated carbocycles. The van der Waals surface area contributed by atoms with Crippen molar-refractivity contribution in [2.24, 2.45) is 0 Å². The lowest BCUT2D eigenvalue weighted by Crippen LogP contribution is -2.43. The zero-order valence-electron chi connectivity index (χ0n) is 13.5. The number of aliphatic carboxylic acids is 1. The van der Waals surface area contributed by atoms with E-state index in [4.69, 9.17) is 9.52 Å². The highest BCUT2D eigenvalue weighted by Crippen LogP contribution is 2.29. The third kappa shape index (κ3) is 3.48. The van der Waals surface area contributed by atoms with Crippen molar-refractivity contribution in [3.05, 3.63) is 34.0 Å². The van der Waals surface area contributed by atoms with Gasteiger partial charge in [0.05, 0.1) is 0 Å². The minimum atomic E-state index is -0.822. The Morgan fingerprint density at radius 2 is 2.12 bits per heavy atom. The van der Waals surface area contributed by atoms with Gasteiger partial charge in [-0.25, -0.2) is 0 Å². The zero-order valence-corrected chi connectivity index (χ0v) is 15.1. The predicted molar refractivity (Wildman–Crippen MR) is 94.2 cm³/mol. The van der Waals surface area contributed by atoms with Crippen LogP contribution in [-0.2, 0) is 4.79 Å². The number of carbonyl (C=O) groups excluding carboxylic acids is 1. The molecule has 0 aliphatic carbocycles. The molecule has 1 fully saturated rings. The number of fused-ring (bicyclic) bond motifs is 1. The number of furan rings is 1. The molecule has 5 nitrogen and oxygen atoms in total. The Labute approximate surface area is 148 Å². The molecule has 1 N–H and O–H groups in total. The minimum Gasteiger partial charge on any atom is -0.481 e. The van der Waals surface area contributed by atoms with E-state index in [0.717, 1.165) is 40.3 Å². The largest absolute Gasteiger partial charge is 0.481 e. The van der Waals surface area contributed by atoms with E-state index in [-0.39, 0.29) is 18.4 Å². The first-order valence-electron chi connectivity index (χ1n) is 8.18. The van der Waals surface area contributed by atoms with Gasteiger partial charge in [0, 0.05) is 28.9 Å². The van der Waals surface area contributed by atoms with Gasteiger partial charge in [0.15, 0.2) is 5.76 Å². The lowest BCUT2D eigenvalue weighted by atomic mass is 9.97. The van der Waals surface area contributed by atoms with Crippen molar-refractivity contribution in [3.8, 4) is 0 Å². The van der Waals surface area contributed by atoms with Crippen LogP contribution in [0.4, 0.5) is 0 Å². The Morgan fingerprint density at radius 3 is 2.88 bits per heavy atom. The molecule has 1 atom stereocenters. The van der Waals surface area contributed by atoms with E-state index < -0.39 is 5.97 Å². The maximum atomic E-state index is 12.9. The van der Waals surface area contributed by atoms with Crippen LogP contribution in [0.1, 0.15) is 48.2 Å². The first-order valence-corrected chi connectivity index (χ1v) is 8.97. The molecule has 0 bridgehead atoms. The van der Waals surface area contributed by atoms with Gasteiger partial charge >= 0.3 is 5.97 Å². The first-order chi connectivity index (χ1) is 11.5. The maximum Gasteiger partial charge on any atom is 0.303 e. The molecule has 1 aliphatic rings. The quantitative estimate of drug-likeness (QED) is 0.837. The number of piperidine rings is 1. The van der Waals surface area contributed by atoms with E-state index >= 15 is 0 Å². The normalized spacial score (nSPS) is 18.1. The highest BCUT2D eigenvalue weighted by molar-refractivity contribution is 9.10. The monoisotopic (exact) mass is 393 g/mol. The molecule has 1 unspecified atom stereocenters. The predicted octanol–water partition coefficient (Wildman–Crippen LogP) is 4.36. The van der Waals surface area contributed by atoms with Gasteiger partial charge < -0.3 is 14.4 Å². The van der Waals surface area contributed by atoms with Crippen molar-refractivity contribution in [2.75, 3.05) is 6.54 Å². The Hall–Kier alpha value is -1.82. The number of likely N-dealkylation sites (tertiary alicyclic amines) is 1. The van der Waals surface area contributed by atoms with Crippen molar-refractivity contribution < 1.29 is 19.1 Å². The number of benzene rings is 1. The number of carboxylic acid groups (broad SMARTS) is 1. The molecular formula is C18H20BrNO4. The number of aryl methyl sites for hydroxylation is 1. The van der Waals surface area contributed by atoms with Gasteiger partial charge in [-0.15, -0.1) is 0 Å². The van der Waals surface area contributed by atoms with Crippen molar-refractivity contribution >= 4 is 38.8 Å². The second-order valence-electron chi connectivity index (χ2n) is 6.33. The number of hydrogen-bond acceptors (Lipinski definition) is 3. The summed E-state index contributed by atoms with van der Waals surface area (Å²) >= 11 is 3.46. The standard InChI is InChI=1S/C18H20BrNO4/c1-11-8-13(19)9-12-10-15(24-17(11)12)18(23)20-7-3-2-4-14(20)5-6-16(21)22/h8-10,14H,2-7H2,1H3,(H,21,22). The fourth-order valence-electron chi connectivity index (χ4n) is 3.39. The molecule has 2 aromatic rings. The van der Waals surface area contributed by atoms with E-state index in [2.05, 4.69) is 15.9 Å². The number of amides is 1. The smallest absolute Gasteiger partial charge is 0.303 e. The van der Waals surface area contributed by atoms with Gasteiger partial charge in [0.25, 0.3) is 5.91 Å². The minimum absolute atomic E-state index is 0.0246. The van der Waals surface area contributed by atoms with Crippen molar-refractivity contribution in [2.45, 2.75) is 45.1 Å². The lowest BCUT2D eigenvalue weighted by molar-refractivity contribution is -0.137. The number of rotatable bonds is 4. The molecule has 1 aliphatic heterocycles. The van der Waals surface area contributed by atoms with Crippen LogP contribution in [0.15, 0.2) is 27.1 Å². The molecule has 1 saturated heterocycles.